The van der Waals surface area contributed by atoms with Gasteiger partial charge in [0.1, 0.15) is 11.5 Å². The predicted octanol–water partition coefficient (Wildman–Crippen LogP) is 3.07. The number of anilines is 1. The van der Waals surface area contributed by atoms with Crippen LogP contribution in [0.1, 0.15) is 35.8 Å². The number of carbonyl (C=O) groups excluding carboxylic acids is 1. The number of aryl methyl sites for hydroxylation is 1. The molecule has 0 aromatic carbocycles. The van der Waals surface area contributed by atoms with Crippen LogP contribution in [-0.2, 0) is 12.7 Å². The van der Waals surface area contributed by atoms with E-state index in [0.29, 0.717) is 32.7 Å². The van der Waals surface area contributed by atoms with E-state index < -0.39 is 11.7 Å². The van der Waals surface area contributed by atoms with Crippen molar-refractivity contribution in [2.45, 2.75) is 32.5 Å². The first kappa shape index (κ1) is 22.1. The summed E-state index contributed by atoms with van der Waals surface area (Å²) in [4.78, 5) is 31.8. The first-order valence-corrected chi connectivity index (χ1v) is 9.93. The van der Waals surface area contributed by atoms with E-state index in [1.165, 1.54) is 16.8 Å². The van der Waals surface area contributed by atoms with Gasteiger partial charge in [-0.15, -0.1) is 0 Å². The van der Waals surface area contributed by atoms with Gasteiger partial charge in [0.2, 0.25) is 0 Å². The second-order valence-corrected chi connectivity index (χ2v) is 7.35. The third-order valence-electron chi connectivity index (χ3n) is 4.82. The molecule has 7 nitrogen and oxygen atoms in total. The highest BCUT2D eigenvalue weighted by molar-refractivity contribution is 6.33. The van der Waals surface area contributed by atoms with Crippen molar-refractivity contribution in [2.24, 2.45) is 0 Å². The van der Waals surface area contributed by atoms with Crippen LogP contribution < -0.4 is 10.5 Å². The van der Waals surface area contributed by atoms with Crippen LogP contribution in [0.15, 0.2) is 29.2 Å². The summed E-state index contributed by atoms with van der Waals surface area (Å²) < 4.78 is 39.6. The minimum Gasteiger partial charge on any atom is -0.352 e. The molecule has 2 aromatic heterocycles. The first-order valence-electron chi connectivity index (χ1n) is 9.56. The second-order valence-electron chi connectivity index (χ2n) is 6.94. The summed E-state index contributed by atoms with van der Waals surface area (Å²) in [6.07, 6.45) is -2.08. The van der Waals surface area contributed by atoms with Crippen molar-refractivity contribution < 1.29 is 18.0 Å². The van der Waals surface area contributed by atoms with Crippen LogP contribution in [0.25, 0.3) is 0 Å². The Hall–Kier alpha value is -2.62. The van der Waals surface area contributed by atoms with E-state index in [2.05, 4.69) is 10.1 Å². The largest absolute Gasteiger partial charge is 0.417 e. The Kier molecular flexibility index (Phi) is 6.64. The highest BCUT2D eigenvalue weighted by atomic mass is 35.5. The molecule has 3 rings (SSSR count). The number of unbranched alkanes of at least 4 members (excludes halogenated alkanes) is 1. The molecule has 162 valence electrons. The van der Waals surface area contributed by atoms with Gasteiger partial charge in [0.25, 0.3) is 11.5 Å². The molecule has 1 amide bonds. The maximum Gasteiger partial charge on any atom is 0.417 e. The molecule has 0 aliphatic carbocycles. The maximum atomic E-state index is 12.8. The molecule has 0 unspecified atom stereocenters. The molecule has 1 fully saturated rings. The summed E-state index contributed by atoms with van der Waals surface area (Å²) in [6.45, 7) is 3.82. The monoisotopic (exact) mass is 443 g/mol. The summed E-state index contributed by atoms with van der Waals surface area (Å²) in [5.74, 6) is -0.0469. The van der Waals surface area contributed by atoms with Gasteiger partial charge in [-0.1, -0.05) is 24.9 Å². The average molecular weight is 444 g/mol. The lowest BCUT2D eigenvalue weighted by Gasteiger charge is -2.35. The van der Waals surface area contributed by atoms with Crippen LogP contribution in [-0.4, -0.2) is 51.8 Å². The number of nitrogens with zero attached hydrogens (tertiary/aromatic N) is 5. The van der Waals surface area contributed by atoms with Crippen molar-refractivity contribution in [1.29, 1.82) is 0 Å². The molecule has 0 N–H and O–H groups in total. The van der Waals surface area contributed by atoms with E-state index in [0.717, 1.165) is 25.1 Å². The van der Waals surface area contributed by atoms with Crippen LogP contribution >= 0.6 is 11.6 Å². The van der Waals surface area contributed by atoms with Gasteiger partial charge in [0.05, 0.1) is 10.6 Å². The third kappa shape index (κ3) is 4.92. The molecule has 0 bridgehead atoms. The summed E-state index contributed by atoms with van der Waals surface area (Å²) in [6, 6.07) is 3.59. The van der Waals surface area contributed by atoms with Crippen LogP contribution in [0, 0.1) is 0 Å². The molecule has 2 aromatic rings. The molecule has 0 spiro atoms. The topological polar surface area (TPSA) is 71.3 Å². The summed E-state index contributed by atoms with van der Waals surface area (Å²) in [7, 11) is 0. The number of rotatable bonds is 5. The van der Waals surface area contributed by atoms with Gasteiger partial charge in [0, 0.05) is 45.0 Å². The lowest BCUT2D eigenvalue weighted by atomic mass is 10.2. The lowest BCUT2D eigenvalue weighted by Crippen LogP contribution is -2.49. The minimum atomic E-state index is -4.51. The van der Waals surface area contributed by atoms with E-state index in [1.54, 1.807) is 9.80 Å². The van der Waals surface area contributed by atoms with Gasteiger partial charge in [-0.05, 0) is 18.6 Å². The average Bonchev–Trinajstić information content (AvgIpc) is 2.72. The molecule has 11 heteroatoms. The number of alkyl halides is 3. The number of aromatic nitrogens is 3. The minimum absolute atomic E-state index is 0.0886. The van der Waals surface area contributed by atoms with Gasteiger partial charge in [0.15, 0.2) is 0 Å². The molecule has 30 heavy (non-hydrogen) atoms. The van der Waals surface area contributed by atoms with Crippen molar-refractivity contribution in [2.75, 3.05) is 31.1 Å². The molecule has 1 aliphatic rings. The number of halogens is 4. The Bertz CT molecular complexity index is 971. The zero-order valence-corrected chi connectivity index (χ0v) is 17.1. The molecular weight excluding hydrogens is 423 g/mol. The van der Waals surface area contributed by atoms with Crippen LogP contribution in [0.2, 0.25) is 5.02 Å². The van der Waals surface area contributed by atoms with Crippen LogP contribution in [0.3, 0.4) is 0 Å². The standard InChI is InChI=1S/C19H21ClF3N5O2/c1-2-3-6-28-16(29)5-4-15(25-28)18(30)27-9-7-26(8-10-27)17-14(20)11-13(12-24-17)19(21,22)23/h4-5,11-12H,2-3,6-10H2,1H3. The van der Waals surface area contributed by atoms with E-state index in [4.69, 9.17) is 11.6 Å². The van der Waals surface area contributed by atoms with Gasteiger partial charge in [-0.2, -0.15) is 18.3 Å². The fourth-order valence-corrected chi connectivity index (χ4v) is 3.42. The Balaban J connectivity index is 1.67. The van der Waals surface area contributed by atoms with Gasteiger partial charge in [-0.3, -0.25) is 9.59 Å². The van der Waals surface area contributed by atoms with Crippen molar-refractivity contribution in [3.63, 3.8) is 0 Å². The first-order chi connectivity index (χ1) is 14.2. The summed E-state index contributed by atoms with van der Waals surface area (Å²) in [5, 5.41) is 4.08. The van der Waals surface area contributed by atoms with E-state index in [-0.39, 0.29) is 28.0 Å². The molecule has 3 heterocycles. The predicted molar refractivity (Wildman–Crippen MR) is 106 cm³/mol. The Morgan fingerprint density at radius 3 is 2.50 bits per heavy atom. The normalized spacial score (nSPS) is 14.8. The number of carbonyl (C=O) groups is 1. The number of pyridine rings is 1. The van der Waals surface area contributed by atoms with Crippen LogP contribution in [0.4, 0.5) is 19.0 Å². The Labute approximate surface area is 176 Å². The fourth-order valence-electron chi connectivity index (χ4n) is 3.13. The van der Waals surface area contributed by atoms with Crippen molar-refractivity contribution in [3.8, 4) is 0 Å². The van der Waals surface area contributed by atoms with Crippen molar-refractivity contribution in [1.82, 2.24) is 19.7 Å². The maximum absolute atomic E-state index is 12.8. The van der Waals surface area contributed by atoms with Crippen LogP contribution in [0.5, 0.6) is 0 Å². The number of hydrogen-bond acceptors (Lipinski definition) is 5. The fraction of sp³-hybridized carbons (Fsp3) is 0.474. The number of amides is 1. The van der Waals surface area contributed by atoms with Crippen molar-refractivity contribution in [3.05, 3.63) is 51.0 Å². The summed E-state index contributed by atoms with van der Waals surface area (Å²) in [5.41, 5.74) is -0.980. The SMILES string of the molecule is CCCCn1nc(C(=O)N2CCN(c3ncc(C(F)(F)F)cc3Cl)CC2)ccc1=O. The summed E-state index contributed by atoms with van der Waals surface area (Å²) >= 11 is 6.01. The molecule has 0 radical (unpaired) electrons. The second kappa shape index (κ2) is 9.03. The highest BCUT2D eigenvalue weighted by Gasteiger charge is 2.32. The zero-order valence-electron chi connectivity index (χ0n) is 16.3. The number of piperazine rings is 1. The Morgan fingerprint density at radius 1 is 1.20 bits per heavy atom. The van der Waals surface area contributed by atoms with Gasteiger partial charge < -0.3 is 9.80 Å². The number of hydrogen-bond donors (Lipinski definition) is 0. The smallest absolute Gasteiger partial charge is 0.352 e. The lowest BCUT2D eigenvalue weighted by molar-refractivity contribution is -0.137. The van der Waals surface area contributed by atoms with E-state index in [1.807, 2.05) is 6.92 Å². The Morgan fingerprint density at radius 2 is 1.90 bits per heavy atom. The highest BCUT2D eigenvalue weighted by Crippen LogP contribution is 2.33. The van der Waals surface area contributed by atoms with Crippen molar-refractivity contribution >= 4 is 23.3 Å². The zero-order chi connectivity index (χ0) is 21.9. The molecule has 1 saturated heterocycles. The van der Waals surface area contributed by atoms with Gasteiger partial charge >= 0.3 is 6.18 Å². The molecule has 0 atom stereocenters. The molecule has 1 aliphatic heterocycles. The quantitative estimate of drug-likeness (QED) is 0.710. The molecular formula is C19H21ClF3N5O2. The van der Waals surface area contributed by atoms with E-state index in [9.17, 15) is 22.8 Å². The third-order valence-corrected chi connectivity index (χ3v) is 5.10. The molecule has 0 saturated carbocycles. The van der Waals surface area contributed by atoms with E-state index >= 15 is 0 Å². The van der Waals surface area contributed by atoms with Gasteiger partial charge in [-0.25, -0.2) is 9.67 Å².